The molecule has 2 aromatic heterocycles. The van der Waals surface area contributed by atoms with E-state index in [9.17, 15) is 0 Å². The van der Waals surface area contributed by atoms with E-state index in [0.717, 1.165) is 17.4 Å². The van der Waals surface area contributed by atoms with Gasteiger partial charge in [-0.25, -0.2) is 4.98 Å². The molecule has 0 saturated carbocycles. The minimum atomic E-state index is 0.653. The summed E-state index contributed by atoms with van der Waals surface area (Å²) in [6, 6.07) is 0. The highest BCUT2D eigenvalue weighted by Gasteiger charge is 2.07. The third-order valence-electron chi connectivity index (χ3n) is 1.93. The largest absolute Gasteiger partial charge is 0.338 e. The van der Waals surface area contributed by atoms with Gasteiger partial charge in [0.1, 0.15) is 0 Å². The van der Waals surface area contributed by atoms with E-state index in [1.165, 1.54) is 0 Å². The highest BCUT2D eigenvalue weighted by atomic mass is 32.2. The van der Waals surface area contributed by atoms with Crippen LogP contribution in [0, 0.1) is 0 Å². The van der Waals surface area contributed by atoms with Gasteiger partial charge >= 0.3 is 0 Å². The first-order valence-electron chi connectivity index (χ1n) is 4.71. The van der Waals surface area contributed by atoms with Crippen LogP contribution in [0.15, 0.2) is 22.1 Å². The van der Waals surface area contributed by atoms with E-state index in [1.807, 2.05) is 24.7 Å². The number of imidazole rings is 1. The summed E-state index contributed by atoms with van der Waals surface area (Å²) in [5.41, 5.74) is 0. The zero-order valence-electron chi connectivity index (χ0n) is 8.67. The lowest BCUT2D eigenvalue weighted by Gasteiger charge is -1.97. The third-order valence-corrected chi connectivity index (χ3v) is 2.97. The molecule has 0 amide bonds. The van der Waals surface area contributed by atoms with Crippen LogP contribution in [0.1, 0.15) is 18.6 Å². The summed E-state index contributed by atoms with van der Waals surface area (Å²) in [5, 5.41) is 4.78. The van der Waals surface area contributed by atoms with E-state index in [-0.39, 0.29) is 0 Å². The highest BCUT2D eigenvalue weighted by Crippen LogP contribution is 2.19. The quantitative estimate of drug-likeness (QED) is 0.739. The van der Waals surface area contributed by atoms with E-state index in [4.69, 9.17) is 4.52 Å². The van der Waals surface area contributed by atoms with Crippen LogP contribution in [-0.4, -0.2) is 19.7 Å². The van der Waals surface area contributed by atoms with Crippen LogP contribution in [-0.2, 0) is 19.2 Å². The van der Waals surface area contributed by atoms with Gasteiger partial charge in [0.2, 0.25) is 5.89 Å². The molecule has 0 unspecified atom stereocenters. The molecule has 0 aliphatic rings. The number of thioether (sulfide) groups is 1. The topological polar surface area (TPSA) is 56.7 Å². The third kappa shape index (κ3) is 2.38. The monoisotopic (exact) mass is 224 g/mol. The SMILES string of the molecule is CCc1noc(CSc2nccn2C)n1. The van der Waals surface area contributed by atoms with Gasteiger partial charge in [0.25, 0.3) is 0 Å². The number of aryl methyl sites for hydroxylation is 2. The van der Waals surface area contributed by atoms with E-state index < -0.39 is 0 Å². The van der Waals surface area contributed by atoms with Crippen molar-refractivity contribution in [2.45, 2.75) is 24.3 Å². The molecule has 0 N–H and O–H groups in total. The number of hydrogen-bond donors (Lipinski definition) is 0. The second-order valence-electron chi connectivity index (χ2n) is 3.07. The maximum atomic E-state index is 5.07. The first-order valence-corrected chi connectivity index (χ1v) is 5.69. The normalized spacial score (nSPS) is 10.8. The van der Waals surface area contributed by atoms with E-state index in [2.05, 4.69) is 15.1 Å². The molecule has 2 rings (SSSR count). The Morgan fingerprint density at radius 1 is 1.53 bits per heavy atom. The van der Waals surface area contributed by atoms with Crippen LogP contribution >= 0.6 is 11.8 Å². The Labute approximate surface area is 91.9 Å². The number of nitrogens with zero attached hydrogens (tertiary/aromatic N) is 4. The molecule has 15 heavy (non-hydrogen) atoms. The highest BCUT2D eigenvalue weighted by molar-refractivity contribution is 7.98. The van der Waals surface area contributed by atoms with Crippen molar-refractivity contribution in [2.24, 2.45) is 7.05 Å². The summed E-state index contributed by atoms with van der Waals surface area (Å²) in [6.07, 6.45) is 4.48. The molecule has 2 heterocycles. The summed E-state index contributed by atoms with van der Waals surface area (Å²) >= 11 is 1.59. The van der Waals surface area contributed by atoms with Crippen molar-refractivity contribution in [1.29, 1.82) is 0 Å². The molecule has 0 aliphatic heterocycles. The Balaban J connectivity index is 1.96. The smallest absolute Gasteiger partial charge is 0.237 e. The zero-order valence-corrected chi connectivity index (χ0v) is 9.49. The van der Waals surface area contributed by atoms with Crippen LogP contribution < -0.4 is 0 Å². The molecule has 0 spiro atoms. The van der Waals surface area contributed by atoms with Gasteiger partial charge in [0.15, 0.2) is 11.0 Å². The lowest BCUT2D eigenvalue weighted by molar-refractivity contribution is 0.385. The molecule has 2 aromatic rings. The van der Waals surface area contributed by atoms with Crippen molar-refractivity contribution < 1.29 is 4.52 Å². The predicted octanol–water partition coefficient (Wildman–Crippen LogP) is 1.66. The second-order valence-corrected chi connectivity index (χ2v) is 4.01. The standard InChI is InChI=1S/C9H12N4OS/c1-3-7-11-8(14-12-7)6-15-9-10-4-5-13(9)2/h4-5H,3,6H2,1-2H3. The molecule has 0 fully saturated rings. The van der Waals surface area contributed by atoms with Gasteiger partial charge in [-0.2, -0.15) is 4.98 Å². The van der Waals surface area contributed by atoms with Crippen LogP contribution in [0.5, 0.6) is 0 Å². The van der Waals surface area contributed by atoms with Crippen molar-refractivity contribution in [3.8, 4) is 0 Å². The van der Waals surface area contributed by atoms with Gasteiger partial charge in [-0.1, -0.05) is 23.8 Å². The fraction of sp³-hybridized carbons (Fsp3) is 0.444. The number of hydrogen-bond acceptors (Lipinski definition) is 5. The molecule has 0 bridgehead atoms. The summed E-state index contributed by atoms with van der Waals surface area (Å²) in [6.45, 7) is 2.00. The van der Waals surface area contributed by atoms with Crippen LogP contribution in [0.25, 0.3) is 0 Å². The van der Waals surface area contributed by atoms with Gasteiger partial charge in [-0.3, -0.25) is 0 Å². The lowest BCUT2D eigenvalue weighted by Crippen LogP contribution is -1.90. The molecule has 5 nitrogen and oxygen atoms in total. The summed E-state index contributed by atoms with van der Waals surface area (Å²) < 4.78 is 7.03. The summed E-state index contributed by atoms with van der Waals surface area (Å²) in [5.74, 6) is 2.07. The molecular weight excluding hydrogens is 212 g/mol. The fourth-order valence-corrected chi connectivity index (χ4v) is 1.88. The van der Waals surface area contributed by atoms with Crippen LogP contribution in [0.2, 0.25) is 0 Å². The maximum absolute atomic E-state index is 5.07. The average molecular weight is 224 g/mol. The van der Waals surface area contributed by atoms with Gasteiger partial charge < -0.3 is 9.09 Å². The minimum Gasteiger partial charge on any atom is -0.338 e. The van der Waals surface area contributed by atoms with Crippen molar-refractivity contribution in [3.05, 3.63) is 24.1 Å². The average Bonchev–Trinajstić information content (AvgIpc) is 2.84. The van der Waals surface area contributed by atoms with Crippen molar-refractivity contribution in [1.82, 2.24) is 19.7 Å². The number of aromatic nitrogens is 4. The second kappa shape index (κ2) is 4.48. The minimum absolute atomic E-state index is 0.653. The Morgan fingerprint density at radius 3 is 3.00 bits per heavy atom. The fourth-order valence-electron chi connectivity index (χ4n) is 1.11. The number of rotatable bonds is 4. The zero-order chi connectivity index (χ0) is 10.7. The Bertz CT molecular complexity index is 437. The summed E-state index contributed by atoms with van der Waals surface area (Å²) in [4.78, 5) is 8.42. The van der Waals surface area contributed by atoms with Crippen LogP contribution in [0.3, 0.4) is 0 Å². The van der Waals surface area contributed by atoms with Crippen molar-refractivity contribution >= 4 is 11.8 Å². The molecule has 0 aromatic carbocycles. The molecule has 0 atom stereocenters. The van der Waals surface area contributed by atoms with Crippen LogP contribution in [0.4, 0.5) is 0 Å². The maximum Gasteiger partial charge on any atom is 0.237 e. The van der Waals surface area contributed by atoms with Gasteiger partial charge in [0, 0.05) is 25.9 Å². The predicted molar refractivity (Wildman–Crippen MR) is 56.4 cm³/mol. The van der Waals surface area contributed by atoms with E-state index in [0.29, 0.717) is 11.6 Å². The molecule has 0 saturated heterocycles. The first-order chi connectivity index (χ1) is 7.29. The van der Waals surface area contributed by atoms with Gasteiger partial charge in [-0.05, 0) is 0 Å². The molecule has 0 aliphatic carbocycles. The van der Waals surface area contributed by atoms with E-state index in [1.54, 1.807) is 18.0 Å². The Kier molecular flexibility index (Phi) is 3.05. The molecule has 6 heteroatoms. The summed E-state index contributed by atoms with van der Waals surface area (Å²) in [7, 11) is 1.96. The molecular formula is C9H12N4OS. The van der Waals surface area contributed by atoms with Crippen molar-refractivity contribution in [3.63, 3.8) is 0 Å². The Morgan fingerprint density at radius 2 is 2.40 bits per heavy atom. The van der Waals surface area contributed by atoms with Gasteiger partial charge in [0.05, 0.1) is 5.75 Å². The van der Waals surface area contributed by atoms with Gasteiger partial charge in [-0.15, -0.1) is 0 Å². The van der Waals surface area contributed by atoms with E-state index >= 15 is 0 Å². The lowest BCUT2D eigenvalue weighted by atomic mass is 10.5. The molecule has 80 valence electrons. The van der Waals surface area contributed by atoms with Crippen molar-refractivity contribution in [2.75, 3.05) is 0 Å². The first kappa shape index (κ1) is 10.2. The Hall–Kier alpha value is -1.30. The molecule has 0 radical (unpaired) electrons.